The summed E-state index contributed by atoms with van der Waals surface area (Å²) in [5.41, 5.74) is 6.17. The summed E-state index contributed by atoms with van der Waals surface area (Å²) in [6.45, 7) is 2.17. The Morgan fingerprint density at radius 3 is 2.72 bits per heavy atom. The van der Waals surface area contributed by atoms with Crippen molar-refractivity contribution in [3.05, 3.63) is 21.5 Å². The summed E-state index contributed by atoms with van der Waals surface area (Å²) in [6.07, 6.45) is 0.719. The van der Waals surface area contributed by atoms with Crippen molar-refractivity contribution in [2.24, 2.45) is 0 Å². The third-order valence-corrected chi connectivity index (χ3v) is 3.00. The lowest BCUT2D eigenvalue weighted by Crippen LogP contribution is -2.07. The second-order valence-corrected chi connectivity index (χ2v) is 4.77. The van der Waals surface area contributed by atoms with E-state index < -0.39 is 0 Å². The van der Waals surface area contributed by atoms with Gasteiger partial charge in [-0.25, -0.2) is 4.39 Å². The molecule has 0 radical (unpaired) electrons. The number of hydrogen-bond acceptors (Lipinski definition) is 4. The Morgan fingerprint density at radius 2 is 2.00 bits per heavy atom. The molecule has 0 bridgehead atoms. The number of methoxy groups -OCH3 is 1. The van der Waals surface area contributed by atoms with Crippen molar-refractivity contribution in [3.63, 3.8) is 0 Å². The molecule has 0 aliphatic heterocycles. The van der Waals surface area contributed by atoms with Crippen LogP contribution in [0.2, 0.25) is 0 Å². The maximum absolute atomic E-state index is 13.3. The standard InChI is InChI=1S/C12H17FINO3/c1-16-5-6-17-3-2-4-18-12-7-9(13)10(14)8-11(12)15/h7-8H,2-6,15H2,1H3. The Hall–Kier alpha value is -0.600. The van der Waals surface area contributed by atoms with E-state index >= 15 is 0 Å². The highest BCUT2D eigenvalue weighted by Gasteiger charge is 2.06. The van der Waals surface area contributed by atoms with Crippen molar-refractivity contribution in [2.75, 3.05) is 39.3 Å². The fourth-order valence-electron chi connectivity index (χ4n) is 1.26. The maximum Gasteiger partial charge on any atom is 0.145 e. The third-order valence-electron chi connectivity index (χ3n) is 2.18. The van der Waals surface area contributed by atoms with E-state index in [2.05, 4.69) is 0 Å². The van der Waals surface area contributed by atoms with E-state index in [9.17, 15) is 4.39 Å². The zero-order valence-electron chi connectivity index (χ0n) is 10.2. The topological polar surface area (TPSA) is 53.7 Å². The first-order chi connectivity index (χ1) is 8.65. The van der Waals surface area contributed by atoms with Crippen molar-refractivity contribution in [1.82, 2.24) is 0 Å². The van der Waals surface area contributed by atoms with Gasteiger partial charge in [-0.2, -0.15) is 0 Å². The lowest BCUT2D eigenvalue weighted by molar-refractivity contribution is 0.0644. The first kappa shape index (κ1) is 15.5. The number of benzene rings is 1. The Labute approximate surface area is 120 Å². The normalized spacial score (nSPS) is 10.6. The Morgan fingerprint density at radius 1 is 1.22 bits per heavy atom. The fraction of sp³-hybridized carbons (Fsp3) is 0.500. The second-order valence-electron chi connectivity index (χ2n) is 3.61. The number of anilines is 1. The van der Waals surface area contributed by atoms with Crippen LogP contribution in [0.3, 0.4) is 0 Å². The van der Waals surface area contributed by atoms with Gasteiger partial charge in [0.05, 0.1) is 29.1 Å². The molecule has 0 aliphatic rings. The van der Waals surface area contributed by atoms with Crippen LogP contribution in [0.4, 0.5) is 10.1 Å². The van der Waals surface area contributed by atoms with Gasteiger partial charge in [0, 0.05) is 26.2 Å². The van der Waals surface area contributed by atoms with Gasteiger partial charge >= 0.3 is 0 Å². The smallest absolute Gasteiger partial charge is 0.145 e. The molecule has 2 N–H and O–H groups in total. The molecule has 0 heterocycles. The van der Waals surface area contributed by atoms with Crippen LogP contribution in [0.5, 0.6) is 5.75 Å². The molecule has 0 amide bonds. The largest absolute Gasteiger partial charge is 0.491 e. The Kier molecular flexibility index (Phi) is 7.29. The van der Waals surface area contributed by atoms with Crippen LogP contribution in [0.1, 0.15) is 6.42 Å². The molecule has 0 spiro atoms. The van der Waals surface area contributed by atoms with E-state index in [4.69, 9.17) is 19.9 Å². The summed E-state index contributed by atoms with van der Waals surface area (Å²) in [4.78, 5) is 0. The molecule has 0 saturated heterocycles. The molecule has 0 aliphatic carbocycles. The van der Waals surface area contributed by atoms with Gasteiger partial charge in [-0.1, -0.05) is 0 Å². The van der Waals surface area contributed by atoms with Crippen molar-refractivity contribution >= 4 is 28.3 Å². The molecule has 1 rings (SSSR count). The van der Waals surface area contributed by atoms with Crippen molar-refractivity contribution in [2.45, 2.75) is 6.42 Å². The molecule has 1 aromatic carbocycles. The highest BCUT2D eigenvalue weighted by molar-refractivity contribution is 14.1. The minimum absolute atomic E-state index is 0.323. The van der Waals surface area contributed by atoms with Gasteiger partial charge in [0.25, 0.3) is 0 Å². The van der Waals surface area contributed by atoms with Crippen molar-refractivity contribution in [1.29, 1.82) is 0 Å². The maximum atomic E-state index is 13.3. The van der Waals surface area contributed by atoms with Gasteiger partial charge in [-0.3, -0.25) is 0 Å². The van der Waals surface area contributed by atoms with Gasteiger partial charge in [0.1, 0.15) is 11.6 Å². The van der Waals surface area contributed by atoms with E-state index in [-0.39, 0.29) is 5.82 Å². The molecule has 0 saturated carbocycles. The highest BCUT2D eigenvalue weighted by Crippen LogP contribution is 2.26. The molecule has 0 unspecified atom stereocenters. The molecular weight excluding hydrogens is 352 g/mol. The average molecular weight is 369 g/mol. The minimum Gasteiger partial charge on any atom is -0.491 e. The van der Waals surface area contributed by atoms with Gasteiger partial charge in [0.2, 0.25) is 0 Å². The van der Waals surface area contributed by atoms with Crippen LogP contribution in [-0.4, -0.2) is 33.5 Å². The predicted octanol–water partition coefficient (Wildman–Crippen LogP) is 2.44. The van der Waals surface area contributed by atoms with Gasteiger partial charge in [-0.05, 0) is 28.7 Å². The van der Waals surface area contributed by atoms with Crippen LogP contribution in [0, 0.1) is 9.39 Å². The molecule has 6 heteroatoms. The van der Waals surface area contributed by atoms with E-state index in [0.717, 1.165) is 6.42 Å². The first-order valence-corrected chi connectivity index (χ1v) is 6.67. The molecule has 102 valence electrons. The summed E-state index contributed by atoms with van der Waals surface area (Å²) < 4.78 is 29.3. The number of nitrogens with two attached hydrogens (primary N) is 1. The number of rotatable bonds is 8. The second kappa shape index (κ2) is 8.49. The highest BCUT2D eigenvalue weighted by atomic mass is 127. The Balaban J connectivity index is 2.25. The molecule has 1 aromatic rings. The summed E-state index contributed by atoms with van der Waals surface area (Å²) in [5.74, 6) is 0.0564. The monoisotopic (exact) mass is 369 g/mol. The van der Waals surface area contributed by atoms with Crippen LogP contribution >= 0.6 is 22.6 Å². The summed E-state index contributed by atoms with van der Waals surface area (Å²) in [6, 6.07) is 2.86. The van der Waals surface area contributed by atoms with Crippen LogP contribution in [-0.2, 0) is 9.47 Å². The number of nitrogen functional groups attached to an aromatic ring is 1. The lowest BCUT2D eigenvalue weighted by atomic mass is 10.3. The molecule has 4 nitrogen and oxygen atoms in total. The zero-order chi connectivity index (χ0) is 13.4. The van der Waals surface area contributed by atoms with Crippen molar-refractivity contribution < 1.29 is 18.6 Å². The van der Waals surface area contributed by atoms with E-state index in [1.807, 2.05) is 22.6 Å². The minimum atomic E-state index is -0.323. The van der Waals surface area contributed by atoms with E-state index in [1.54, 1.807) is 13.2 Å². The summed E-state index contributed by atoms with van der Waals surface area (Å²) >= 11 is 1.89. The van der Waals surface area contributed by atoms with Gasteiger partial charge in [-0.15, -0.1) is 0 Å². The summed E-state index contributed by atoms with van der Waals surface area (Å²) in [7, 11) is 1.63. The fourth-order valence-corrected chi connectivity index (χ4v) is 1.75. The number of halogens is 2. The first-order valence-electron chi connectivity index (χ1n) is 5.59. The number of ether oxygens (including phenoxy) is 3. The molecular formula is C12H17FINO3. The van der Waals surface area contributed by atoms with Crippen LogP contribution in [0.25, 0.3) is 0 Å². The summed E-state index contributed by atoms with van der Waals surface area (Å²) in [5, 5.41) is 0. The average Bonchev–Trinajstić information content (AvgIpc) is 2.34. The van der Waals surface area contributed by atoms with E-state index in [0.29, 0.717) is 41.4 Å². The molecule has 0 aromatic heterocycles. The molecule has 0 atom stereocenters. The SMILES string of the molecule is COCCOCCCOc1cc(F)c(I)cc1N. The molecule has 18 heavy (non-hydrogen) atoms. The quantitative estimate of drug-likeness (QED) is 0.435. The van der Waals surface area contributed by atoms with Crippen LogP contribution in [0.15, 0.2) is 12.1 Å². The lowest BCUT2D eigenvalue weighted by Gasteiger charge is -2.10. The molecule has 0 fully saturated rings. The third kappa shape index (κ3) is 5.36. The zero-order valence-corrected chi connectivity index (χ0v) is 12.4. The van der Waals surface area contributed by atoms with Gasteiger partial charge < -0.3 is 19.9 Å². The predicted molar refractivity (Wildman–Crippen MR) is 76.3 cm³/mol. The van der Waals surface area contributed by atoms with Gasteiger partial charge in [0.15, 0.2) is 0 Å². The van der Waals surface area contributed by atoms with Crippen molar-refractivity contribution in [3.8, 4) is 5.75 Å². The van der Waals surface area contributed by atoms with Crippen LogP contribution < -0.4 is 10.5 Å². The van der Waals surface area contributed by atoms with E-state index in [1.165, 1.54) is 6.07 Å². The number of hydrogen-bond donors (Lipinski definition) is 1. The Bertz CT molecular complexity index is 377.